The fraction of sp³-hybridized carbons (Fsp3) is 0.243. The lowest BCUT2D eigenvalue weighted by Crippen LogP contribution is -2.49. The van der Waals surface area contributed by atoms with Gasteiger partial charge < -0.3 is 15.2 Å². The lowest BCUT2D eigenvalue weighted by atomic mass is 9.51. The standard InChI is InChI=1S/C37H29BClFN2O7/c1-37-26(34(45)42(36(37)47)21-10-13-28(40)27(39)16-21)17-25-23(32(37)31-22-8-3-2-5-18(22)9-14-29(31)43)11-12-24-30(25)35(46)41(33(24)44)20-7-4-6-19(15-20)38(48)49/h2-11,13-16,24-26,30,32,43,48-49H,12,17H2,1H3. The van der Waals surface area contributed by atoms with Gasteiger partial charge in [-0.3, -0.25) is 24.1 Å². The maximum Gasteiger partial charge on any atom is 0.488 e. The number of anilines is 2. The van der Waals surface area contributed by atoms with Gasteiger partial charge >= 0.3 is 7.12 Å². The molecule has 4 aromatic carbocycles. The Bertz CT molecular complexity index is 2170. The number of halogens is 2. The van der Waals surface area contributed by atoms with E-state index in [2.05, 4.69) is 0 Å². The zero-order valence-electron chi connectivity index (χ0n) is 26.1. The number of phenols is 1. The van der Waals surface area contributed by atoms with Gasteiger partial charge in [-0.25, -0.2) is 9.29 Å². The third-order valence-corrected chi connectivity index (χ3v) is 11.4. The highest BCUT2D eigenvalue weighted by Gasteiger charge is 2.68. The van der Waals surface area contributed by atoms with Crippen molar-refractivity contribution in [3.8, 4) is 5.75 Å². The van der Waals surface area contributed by atoms with Crippen molar-refractivity contribution in [2.24, 2.45) is 29.1 Å². The maximum atomic E-state index is 14.7. The summed E-state index contributed by atoms with van der Waals surface area (Å²) in [5, 5.41) is 32.3. The van der Waals surface area contributed by atoms with E-state index in [1.165, 1.54) is 30.3 Å². The smallest absolute Gasteiger partial charge is 0.488 e. The highest BCUT2D eigenvalue weighted by molar-refractivity contribution is 6.58. The molecule has 0 bridgehead atoms. The molecule has 2 aliphatic heterocycles. The van der Waals surface area contributed by atoms with Crippen molar-refractivity contribution in [2.75, 3.05) is 9.80 Å². The summed E-state index contributed by atoms with van der Waals surface area (Å²) in [6.45, 7) is 1.71. The molecule has 4 aromatic rings. The summed E-state index contributed by atoms with van der Waals surface area (Å²) in [4.78, 5) is 59.6. The molecule has 6 unspecified atom stereocenters. The van der Waals surface area contributed by atoms with Crippen LogP contribution in [0.15, 0.2) is 90.5 Å². The number of aromatic hydroxyl groups is 1. The number of allylic oxidation sites excluding steroid dienone is 2. The van der Waals surface area contributed by atoms with Crippen molar-refractivity contribution in [1.82, 2.24) is 0 Å². The third-order valence-electron chi connectivity index (χ3n) is 11.1. The molecule has 4 aliphatic rings. The van der Waals surface area contributed by atoms with Crippen LogP contribution < -0.4 is 15.3 Å². The molecular weight excluding hydrogens is 650 g/mol. The van der Waals surface area contributed by atoms with Gasteiger partial charge in [0.1, 0.15) is 11.6 Å². The number of phenolic OH excluding ortho intramolecular Hbond substituents is 1. The number of nitrogens with zero attached hydrogens (tertiary/aromatic N) is 2. The third kappa shape index (κ3) is 4.38. The molecule has 12 heteroatoms. The van der Waals surface area contributed by atoms with Gasteiger partial charge in [0, 0.05) is 11.5 Å². The van der Waals surface area contributed by atoms with Crippen LogP contribution in [0, 0.1) is 34.9 Å². The first-order valence-corrected chi connectivity index (χ1v) is 16.4. The van der Waals surface area contributed by atoms with Crippen LogP contribution in [0.4, 0.5) is 15.8 Å². The topological polar surface area (TPSA) is 135 Å². The number of rotatable bonds is 4. The molecule has 2 aliphatic carbocycles. The van der Waals surface area contributed by atoms with Crippen LogP contribution in [0.25, 0.3) is 10.8 Å². The SMILES string of the molecule is CC12C(=O)N(c3ccc(F)c(Cl)c3)C(=O)C1CC1C(=CCC3C(=O)N(c4cccc(B(O)O)c4)C(=O)C31)C2c1c(O)ccc2ccccc12. The van der Waals surface area contributed by atoms with E-state index in [0.717, 1.165) is 21.3 Å². The number of imide groups is 2. The number of amides is 4. The van der Waals surface area contributed by atoms with E-state index in [9.17, 15) is 38.7 Å². The number of fused-ring (bicyclic) bond motifs is 5. The molecule has 6 atom stereocenters. The zero-order chi connectivity index (χ0) is 34.5. The minimum absolute atomic E-state index is 0.0732. The summed E-state index contributed by atoms with van der Waals surface area (Å²) >= 11 is 6.10. The van der Waals surface area contributed by atoms with E-state index in [4.69, 9.17) is 11.6 Å². The molecule has 3 N–H and O–H groups in total. The molecule has 0 radical (unpaired) electrons. The maximum absolute atomic E-state index is 14.7. The average Bonchev–Trinajstić information content (AvgIpc) is 3.46. The minimum Gasteiger partial charge on any atom is -0.508 e. The van der Waals surface area contributed by atoms with E-state index in [0.29, 0.717) is 16.5 Å². The minimum atomic E-state index is -1.81. The van der Waals surface area contributed by atoms with Crippen molar-refractivity contribution in [3.63, 3.8) is 0 Å². The van der Waals surface area contributed by atoms with Crippen molar-refractivity contribution < 1.29 is 38.7 Å². The Hall–Kier alpha value is -4.84. The van der Waals surface area contributed by atoms with Crippen LogP contribution in [-0.4, -0.2) is 45.9 Å². The summed E-state index contributed by atoms with van der Waals surface area (Å²) in [6.07, 6.45) is 2.14. The van der Waals surface area contributed by atoms with Crippen LogP contribution in [-0.2, 0) is 19.2 Å². The van der Waals surface area contributed by atoms with Gasteiger partial charge in [0.15, 0.2) is 0 Å². The molecule has 2 saturated heterocycles. The van der Waals surface area contributed by atoms with E-state index in [-0.39, 0.29) is 40.5 Å². The van der Waals surface area contributed by atoms with Gasteiger partial charge in [-0.1, -0.05) is 65.7 Å². The Kier molecular flexibility index (Phi) is 7.12. The Morgan fingerprint density at radius 1 is 0.857 bits per heavy atom. The first kappa shape index (κ1) is 31.4. The lowest BCUT2D eigenvalue weighted by Gasteiger charge is -2.49. The van der Waals surface area contributed by atoms with Gasteiger partial charge in [-0.2, -0.15) is 0 Å². The lowest BCUT2D eigenvalue weighted by molar-refractivity contribution is -0.131. The van der Waals surface area contributed by atoms with Gasteiger partial charge in [-0.05, 0) is 78.3 Å². The van der Waals surface area contributed by atoms with Crippen LogP contribution in [0.3, 0.4) is 0 Å². The van der Waals surface area contributed by atoms with E-state index >= 15 is 0 Å². The predicted molar refractivity (Wildman–Crippen MR) is 180 cm³/mol. The van der Waals surface area contributed by atoms with Crippen molar-refractivity contribution in [3.05, 3.63) is 107 Å². The van der Waals surface area contributed by atoms with E-state index in [1.54, 1.807) is 25.1 Å². The summed E-state index contributed by atoms with van der Waals surface area (Å²) in [7, 11) is -1.81. The summed E-state index contributed by atoms with van der Waals surface area (Å²) in [6, 6.07) is 20.3. The quantitative estimate of drug-likeness (QED) is 0.165. The Morgan fingerprint density at radius 2 is 1.61 bits per heavy atom. The second-order valence-electron chi connectivity index (χ2n) is 13.5. The van der Waals surface area contributed by atoms with E-state index < -0.39 is 71.6 Å². The normalized spacial score (nSPS) is 27.7. The fourth-order valence-electron chi connectivity index (χ4n) is 8.86. The zero-order valence-corrected chi connectivity index (χ0v) is 26.8. The number of hydrogen-bond donors (Lipinski definition) is 3. The summed E-state index contributed by atoms with van der Waals surface area (Å²) < 4.78 is 14.2. The highest BCUT2D eigenvalue weighted by atomic mass is 35.5. The van der Waals surface area contributed by atoms with Gasteiger partial charge in [-0.15, -0.1) is 0 Å². The number of benzene rings is 4. The van der Waals surface area contributed by atoms with Gasteiger partial charge in [0.05, 0.1) is 39.6 Å². The summed E-state index contributed by atoms with van der Waals surface area (Å²) in [5.41, 5.74) is 0.116. The van der Waals surface area contributed by atoms with Crippen LogP contribution >= 0.6 is 11.6 Å². The van der Waals surface area contributed by atoms with Gasteiger partial charge in [0.25, 0.3) is 0 Å². The summed E-state index contributed by atoms with van der Waals surface area (Å²) in [5.74, 6) is -6.93. The molecular formula is C37H29BClFN2O7. The predicted octanol–water partition coefficient (Wildman–Crippen LogP) is 4.45. The Balaban J connectivity index is 1.31. The molecule has 0 spiro atoms. The second kappa shape index (κ2) is 11.1. The molecule has 8 rings (SSSR count). The fourth-order valence-corrected chi connectivity index (χ4v) is 9.03. The molecule has 49 heavy (non-hydrogen) atoms. The van der Waals surface area contributed by atoms with Crippen molar-refractivity contribution >= 4 is 70.0 Å². The highest BCUT2D eigenvalue weighted by Crippen LogP contribution is 2.65. The first-order valence-electron chi connectivity index (χ1n) is 16.0. The van der Waals surface area contributed by atoms with Crippen molar-refractivity contribution in [1.29, 1.82) is 0 Å². The monoisotopic (exact) mass is 678 g/mol. The van der Waals surface area contributed by atoms with E-state index in [1.807, 2.05) is 30.3 Å². The molecule has 2 heterocycles. The van der Waals surface area contributed by atoms with Crippen LogP contribution in [0.5, 0.6) is 5.75 Å². The number of carbonyl (C=O) groups excluding carboxylic acids is 4. The van der Waals surface area contributed by atoms with Crippen LogP contribution in [0.2, 0.25) is 5.02 Å². The Morgan fingerprint density at radius 3 is 2.37 bits per heavy atom. The number of carbonyl (C=O) groups is 4. The second-order valence-corrected chi connectivity index (χ2v) is 13.9. The Labute approximate surface area is 285 Å². The molecule has 4 amide bonds. The van der Waals surface area contributed by atoms with Gasteiger partial charge in [0.2, 0.25) is 23.6 Å². The van der Waals surface area contributed by atoms with Crippen LogP contribution in [0.1, 0.15) is 31.2 Å². The number of hydrogen-bond acceptors (Lipinski definition) is 7. The first-order chi connectivity index (χ1) is 23.4. The molecule has 1 saturated carbocycles. The largest absolute Gasteiger partial charge is 0.508 e. The van der Waals surface area contributed by atoms with Crippen molar-refractivity contribution in [2.45, 2.75) is 25.7 Å². The average molecular weight is 679 g/mol. The molecule has 9 nitrogen and oxygen atoms in total. The molecule has 0 aromatic heterocycles. The molecule has 3 fully saturated rings. The molecule has 246 valence electrons.